The number of benzene rings is 4. The molecule has 0 saturated carbocycles. The van der Waals surface area contributed by atoms with Crippen LogP contribution in [-0.2, 0) is 5.41 Å². The molecule has 0 fully saturated rings. The Morgan fingerprint density at radius 2 is 1.43 bits per heavy atom. The molecule has 0 unspecified atom stereocenters. The first-order valence-corrected chi connectivity index (χ1v) is 13.6. The van der Waals surface area contributed by atoms with E-state index in [1.807, 2.05) is 56.3 Å². The van der Waals surface area contributed by atoms with Gasteiger partial charge in [0.1, 0.15) is 5.82 Å². The highest BCUT2D eigenvalue weighted by Crippen LogP contribution is 2.34. The van der Waals surface area contributed by atoms with Crippen LogP contribution < -0.4 is 16.4 Å². The maximum atomic E-state index is 12.3. The van der Waals surface area contributed by atoms with Gasteiger partial charge in [-0.2, -0.15) is 0 Å². The number of hydrogen-bond acceptors (Lipinski definition) is 3. The van der Waals surface area contributed by atoms with Gasteiger partial charge in [-0.25, -0.2) is 9.78 Å². The molecule has 1 aromatic heterocycles. The number of hydrogen-bond donors (Lipinski definition) is 4. The molecule has 0 bridgehead atoms. The van der Waals surface area contributed by atoms with E-state index in [2.05, 4.69) is 53.5 Å². The van der Waals surface area contributed by atoms with Crippen molar-refractivity contribution >= 4 is 57.3 Å². The smallest absolute Gasteiger partial charge is 0.323 e. The Bertz CT molecular complexity index is 1630. The van der Waals surface area contributed by atoms with Crippen molar-refractivity contribution in [3.8, 4) is 11.4 Å². The normalized spacial score (nSPS) is 11.1. The van der Waals surface area contributed by atoms with Crippen LogP contribution in [0.1, 0.15) is 37.5 Å². The van der Waals surface area contributed by atoms with Crippen molar-refractivity contribution in [3.05, 3.63) is 106 Å². The van der Waals surface area contributed by atoms with Gasteiger partial charge < -0.3 is 21.4 Å². The fourth-order valence-corrected chi connectivity index (χ4v) is 4.60. The number of urea groups is 1. The van der Waals surface area contributed by atoms with Gasteiger partial charge in [0.15, 0.2) is 0 Å². The van der Waals surface area contributed by atoms with Crippen LogP contribution in [0.3, 0.4) is 0 Å². The number of carbonyl (C=O) groups excluding carboxylic acids is 1. The highest BCUT2D eigenvalue weighted by molar-refractivity contribution is 6.39. The second-order valence-electron chi connectivity index (χ2n) is 10.7. The molecule has 5 N–H and O–H groups in total. The Hall–Kier alpha value is -4.00. The second kappa shape index (κ2) is 12.0. The van der Waals surface area contributed by atoms with Crippen LogP contribution >= 0.6 is 23.2 Å². The summed E-state index contributed by atoms with van der Waals surface area (Å²) in [4.78, 5) is 20.1. The molecule has 0 atom stereocenters. The zero-order chi connectivity index (χ0) is 29.0. The molecule has 0 aliphatic heterocycles. The average Bonchev–Trinajstić information content (AvgIpc) is 3.29. The number of aromatic nitrogens is 2. The molecule has 8 heteroatoms. The van der Waals surface area contributed by atoms with Gasteiger partial charge in [-0.3, -0.25) is 0 Å². The lowest BCUT2D eigenvalue weighted by Gasteiger charge is -2.18. The molecular weight excluding hydrogens is 541 g/mol. The van der Waals surface area contributed by atoms with E-state index in [0.717, 1.165) is 28.0 Å². The van der Waals surface area contributed by atoms with E-state index in [-0.39, 0.29) is 11.4 Å². The zero-order valence-corrected chi connectivity index (χ0v) is 24.7. The number of anilines is 3. The fourth-order valence-electron chi connectivity index (χ4n) is 4.03. The number of H-pyrrole nitrogens is 1. The quantitative estimate of drug-likeness (QED) is 0.162. The van der Waals surface area contributed by atoms with E-state index >= 15 is 0 Å². The van der Waals surface area contributed by atoms with Gasteiger partial charge in [0.05, 0.1) is 26.6 Å². The molecule has 5 aromatic rings. The zero-order valence-electron chi connectivity index (χ0n) is 23.2. The average molecular weight is 575 g/mol. The van der Waals surface area contributed by atoms with Crippen molar-refractivity contribution < 1.29 is 4.79 Å². The van der Waals surface area contributed by atoms with Crippen LogP contribution in [0.5, 0.6) is 0 Å². The molecule has 0 saturated heterocycles. The molecule has 0 spiro atoms. The Labute approximate surface area is 244 Å². The molecule has 5 rings (SSSR count). The first kappa shape index (κ1) is 29.0. The lowest BCUT2D eigenvalue weighted by Crippen LogP contribution is -2.19. The van der Waals surface area contributed by atoms with Crippen LogP contribution in [0.15, 0.2) is 78.9 Å². The number of nitrogen functional groups attached to an aromatic ring is 1. The van der Waals surface area contributed by atoms with Crippen LogP contribution in [0, 0.1) is 13.8 Å². The molecule has 1 heterocycles. The SMILES string of the molecule is CC(C)(C)c1ccc(N)cc1.Cc1ccc(NC(=O)Nc2ccc3nc(-c4c(Cl)cccc4Cl)[nH]c3c2)cc1C. The number of carbonyl (C=O) groups is 1. The summed E-state index contributed by atoms with van der Waals surface area (Å²) in [6, 6.07) is 24.3. The first-order valence-electron chi connectivity index (χ1n) is 12.9. The summed E-state index contributed by atoms with van der Waals surface area (Å²) in [5, 5.41) is 6.71. The van der Waals surface area contributed by atoms with Gasteiger partial charge >= 0.3 is 6.03 Å². The number of imidazole rings is 1. The topological polar surface area (TPSA) is 95.8 Å². The molecule has 206 valence electrons. The number of halogens is 2. The van der Waals surface area contributed by atoms with Crippen molar-refractivity contribution in [3.63, 3.8) is 0 Å². The van der Waals surface area contributed by atoms with Crippen molar-refractivity contribution in [1.29, 1.82) is 0 Å². The van der Waals surface area contributed by atoms with Gasteiger partial charge in [0.25, 0.3) is 0 Å². The van der Waals surface area contributed by atoms with E-state index in [4.69, 9.17) is 28.9 Å². The summed E-state index contributed by atoms with van der Waals surface area (Å²) in [5.74, 6) is 0.576. The van der Waals surface area contributed by atoms with Crippen molar-refractivity contribution in [2.24, 2.45) is 0 Å². The van der Waals surface area contributed by atoms with Gasteiger partial charge in [0.2, 0.25) is 0 Å². The summed E-state index contributed by atoms with van der Waals surface area (Å²) in [5.41, 5.74) is 13.8. The molecular formula is C32H33Cl2N5O. The van der Waals surface area contributed by atoms with Crippen LogP contribution in [0.2, 0.25) is 10.0 Å². The number of rotatable bonds is 3. The van der Waals surface area contributed by atoms with Gasteiger partial charge in [0, 0.05) is 17.1 Å². The number of amides is 2. The first-order chi connectivity index (χ1) is 18.9. The molecule has 4 aromatic carbocycles. The van der Waals surface area contributed by atoms with E-state index in [1.54, 1.807) is 24.3 Å². The summed E-state index contributed by atoms with van der Waals surface area (Å²) >= 11 is 12.6. The monoisotopic (exact) mass is 573 g/mol. The highest BCUT2D eigenvalue weighted by atomic mass is 35.5. The predicted molar refractivity (Wildman–Crippen MR) is 170 cm³/mol. The minimum atomic E-state index is -0.318. The summed E-state index contributed by atoms with van der Waals surface area (Å²) in [6.45, 7) is 10.6. The maximum Gasteiger partial charge on any atom is 0.323 e. The third kappa shape index (κ3) is 7.14. The molecule has 0 aliphatic carbocycles. The van der Waals surface area contributed by atoms with Crippen molar-refractivity contribution in [2.75, 3.05) is 16.4 Å². The lowest BCUT2D eigenvalue weighted by atomic mass is 9.87. The Morgan fingerprint density at radius 1 is 0.825 bits per heavy atom. The minimum Gasteiger partial charge on any atom is -0.399 e. The fraction of sp³-hybridized carbons (Fsp3) is 0.188. The van der Waals surface area contributed by atoms with Crippen LogP contribution in [0.4, 0.5) is 21.9 Å². The Morgan fingerprint density at radius 3 is 2.02 bits per heavy atom. The molecule has 0 aliphatic rings. The molecule has 0 radical (unpaired) electrons. The number of nitrogens with one attached hydrogen (secondary N) is 3. The standard InChI is InChI=1S/C22H18Cl2N4O.C10H15N/c1-12-6-7-14(10-13(12)2)25-22(29)26-15-8-9-18-19(11-15)28-21(27-18)20-16(23)4-3-5-17(20)24;1-10(2,3)8-4-6-9(11)7-5-8/h3-11H,1-2H3,(H,27,28)(H2,25,26,29);4-7H,11H2,1-3H3. The van der Waals surface area contributed by atoms with E-state index in [1.165, 1.54) is 11.1 Å². The third-order valence-corrected chi connectivity index (χ3v) is 7.11. The van der Waals surface area contributed by atoms with Crippen molar-refractivity contribution in [2.45, 2.75) is 40.0 Å². The molecule has 6 nitrogen and oxygen atoms in total. The molecule has 40 heavy (non-hydrogen) atoms. The number of aryl methyl sites for hydroxylation is 2. The second-order valence-corrected chi connectivity index (χ2v) is 11.5. The van der Waals surface area contributed by atoms with Gasteiger partial charge in [-0.15, -0.1) is 0 Å². The summed E-state index contributed by atoms with van der Waals surface area (Å²) in [7, 11) is 0. The Kier molecular flexibility index (Phi) is 8.72. The van der Waals surface area contributed by atoms with Crippen molar-refractivity contribution in [1.82, 2.24) is 9.97 Å². The van der Waals surface area contributed by atoms with Gasteiger partial charge in [-0.1, -0.05) is 68.2 Å². The third-order valence-electron chi connectivity index (χ3n) is 6.48. The number of aromatic amines is 1. The van der Waals surface area contributed by atoms with E-state index < -0.39 is 0 Å². The van der Waals surface area contributed by atoms with Crippen LogP contribution in [-0.4, -0.2) is 16.0 Å². The van der Waals surface area contributed by atoms with Gasteiger partial charge in [-0.05, 0) is 90.6 Å². The summed E-state index contributed by atoms with van der Waals surface area (Å²) in [6.07, 6.45) is 0. The Balaban J connectivity index is 0.000000283. The molecule has 2 amide bonds. The predicted octanol–water partition coefficient (Wildman–Crippen LogP) is 9.36. The number of fused-ring (bicyclic) bond motifs is 1. The lowest BCUT2D eigenvalue weighted by molar-refractivity contribution is 0.262. The minimum absolute atomic E-state index is 0.230. The van der Waals surface area contributed by atoms with Crippen LogP contribution in [0.25, 0.3) is 22.4 Å². The number of nitrogens with zero attached hydrogens (tertiary/aromatic N) is 1. The number of nitrogens with two attached hydrogens (primary N) is 1. The maximum absolute atomic E-state index is 12.3. The summed E-state index contributed by atoms with van der Waals surface area (Å²) < 4.78 is 0. The highest BCUT2D eigenvalue weighted by Gasteiger charge is 2.14. The van der Waals surface area contributed by atoms with E-state index in [0.29, 0.717) is 27.1 Å². The largest absolute Gasteiger partial charge is 0.399 e. The van der Waals surface area contributed by atoms with E-state index in [9.17, 15) is 4.79 Å².